The van der Waals surface area contributed by atoms with Crippen molar-refractivity contribution >= 4 is 29.3 Å². The molecule has 2 aromatic rings. The number of thioether (sulfide) groups is 1. The van der Waals surface area contributed by atoms with E-state index in [1.54, 1.807) is 18.2 Å². The third kappa shape index (κ3) is 3.28. The number of H-pyrrole nitrogens is 1. The van der Waals surface area contributed by atoms with Crippen LogP contribution in [0.3, 0.4) is 0 Å². The van der Waals surface area contributed by atoms with E-state index in [1.165, 1.54) is 36.0 Å². The first-order valence-electron chi connectivity index (χ1n) is 7.46. The molecule has 1 aliphatic rings. The smallest absolute Gasteiger partial charge is 0.356 e. The zero-order chi connectivity index (χ0) is 17.1. The minimum atomic E-state index is -0.516. The van der Waals surface area contributed by atoms with Gasteiger partial charge in [-0.2, -0.15) is 0 Å². The lowest BCUT2D eigenvalue weighted by atomic mass is 10.1. The highest BCUT2D eigenvalue weighted by Crippen LogP contribution is 2.32. The molecule has 8 heteroatoms. The lowest BCUT2D eigenvalue weighted by Crippen LogP contribution is -2.43. The number of carbonyl (C=O) groups excluding carboxylic acids is 2. The average molecular weight is 349 g/mol. The van der Waals surface area contributed by atoms with Crippen molar-refractivity contribution in [2.45, 2.75) is 23.2 Å². The van der Waals surface area contributed by atoms with Gasteiger partial charge < -0.3 is 14.6 Å². The van der Waals surface area contributed by atoms with Crippen LogP contribution in [-0.4, -0.2) is 40.7 Å². The maximum Gasteiger partial charge on any atom is 0.356 e. The molecule has 2 heterocycles. The molecule has 1 amide bonds. The van der Waals surface area contributed by atoms with Crippen molar-refractivity contribution in [2.24, 2.45) is 0 Å². The summed E-state index contributed by atoms with van der Waals surface area (Å²) in [7, 11) is 1.28. The highest BCUT2D eigenvalue weighted by Gasteiger charge is 2.32. The van der Waals surface area contributed by atoms with Gasteiger partial charge in [0, 0.05) is 6.54 Å². The Labute approximate surface area is 142 Å². The van der Waals surface area contributed by atoms with Crippen LogP contribution >= 0.6 is 11.8 Å². The fraction of sp³-hybridized carbons (Fsp3) is 0.312. The highest BCUT2D eigenvalue weighted by molar-refractivity contribution is 8.00. The van der Waals surface area contributed by atoms with E-state index in [-0.39, 0.29) is 16.9 Å². The van der Waals surface area contributed by atoms with Crippen LogP contribution < -0.4 is 4.90 Å². The van der Waals surface area contributed by atoms with Gasteiger partial charge in [0.25, 0.3) is 0 Å². The highest BCUT2D eigenvalue weighted by atomic mass is 32.2. The maximum atomic E-state index is 14.0. The van der Waals surface area contributed by atoms with E-state index in [0.29, 0.717) is 23.8 Å². The Hall–Kier alpha value is -2.35. The van der Waals surface area contributed by atoms with Crippen molar-refractivity contribution in [3.63, 3.8) is 0 Å². The lowest BCUT2D eigenvalue weighted by molar-refractivity contribution is -0.119. The monoisotopic (exact) mass is 349 g/mol. The molecule has 0 radical (unpaired) electrons. The van der Waals surface area contributed by atoms with Crippen LogP contribution in [-0.2, 0) is 9.53 Å². The topological polar surface area (TPSA) is 75.3 Å². The molecule has 0 spiro atoms. The second-order valence-corrected chi connectivity index (χ2v) is 6.48. The van der Waals surface area contributed by atoms with Gasteiger partial charge in [0.15, 0.2) is 5.16 Å². The standard InChI is InChI=1S/C16H16FN3O3S/c1-23-15(22)11-9-18-16(19-11)24-13-7-4-8-20(14(13)21)12-6-3-2-5-10(12)17/h2-3,5-6,9,13H,4,7-8H2,1H3,(H,18,19)/t13-/m0/s1. The Bertz CT molecular complexity index is 765. The summed E-state index contributed by atoms with van der Waals surface area (Å²) in [6.45, 7) is 0.488. The third-order valence-electron chi connectivity index (χ3n) is 3.74. The number of hydrogen-bond donors (Lipinski definition) is 1. The van der Waals surface area contributed by atoms with E-state index in [2.05, 4.69) is 14.7 Å². The predicted octanol–water partition coefficient (Wildman–Crippen LogP) is 2.62. The second kappa shape index (κ2) is 7.04. The van der Waals surface area contributed by atoms with Crippen LogP contribution in [0.1, 0.15) is 23.3 Å². The first-order valence-corrected chi connectivity index (χ1v) is 8.34. The summed E-state index contributed by atoms with van der Waals surface area (Å²) < 4.78 is 18.6. The largest absolute Gasteiger partial charge is 0.464 e. The van der Waals surface area contributed by atoms with Gasteiger partial charge in [-0.3, -0.25) is 4.79 Å². The van der Waals surface area contributed by atoms with E-state index < -0.39 is 11.8 Å². The number of anilines is 1. The molecule has 126 valence electrons. The van der Waals surface area contributed by atoms with Gasteiger partial charge in [-0.05, 0) is 25.0 Å². The first-order chi connectivity index (χ1) is 11.6. The van der Waals surface area contributed by atoms with Crippen molar-refractivity contribution < 1.29 is 18.7 Å². The average Bonchev–Trinajstić information content (AvgIpc) is 3.05. The minimum Gasteiger partial charge on any atom is -0.464 e. The number of methoxy groups -OCH3 is 1. The number of carbonyl (C=O) groups is 2. The summed E-state index contributed by atoms with van der Waals surface area (Å²) in [5.74, 6) is -1.09. The summed E-state index contributed by atoms with van der Waals surface area (Å²) >= 11 is 1.24. The Morgan fingerprint density at radius 1 is 1.46 bits per heavy atom. The number of esters is 1. The van der Waals surface area contributed by atoms with Gasteiger partial charge in [-0.25, -0.2) is 14.2 Å². The van der Waals surface area contributed by atoms with E-state index in [9.17, 15) is 14.0 Å². The molecule has 0 saturated carbocycles. The van der Waals surface area contributed by atoms with Crippen LogP contribution in [0.2, 0.25) is 0 Å². The number of amides is 1. The zero-order valence-corrected chi connectivity index (χ0v) is 13.8. The van der Waals surface area contributed by atoms with Crippen LogP contribution in [0.25, 0.3) is 0 Å². The predicted molar refractivity (Wildman–Crippen MR) is 87.6 cm³/mol. The number of benzene rings is 1. The molecule has 1 saturated heterocycles. The molecule has 0 bridgehead atoms. The summed E-state index contributed by atoms with van der Waals surface area (Å²) in [5.41, 5.74) is 0.525. The number of aromatic amines is 1. The molecule has 1 N–H and O–H groups in total. The molecule has 1 aromatic heterocycles. The van der Waals surface area contributed by atoms with E-state index in [4.69, 9.17) is 0 Å². The zero-order valence-electron chi connectivity index (χ0n) is 13.0. The Kier molecular flexibility index (Phi) is 4.84. The lowest BCUT2D eigenvalue weighted by Gasteiger charge is -2.31. The Morgan fingerprint density at radius 2 is 2.25 bits per heavy atom. The fourth-order valence-electron chi connectivity index (χ4n) is 2.57. The number of para-hydroxylation sites is 1. The molecule has 1 atom stereocenters. The van der Waals surface area contributed by atoms with E-state index >= 15 is 0 Å². The fourth-order valence-corrected chi connectivity index (χ4v) is 3.64. The molecule has 0 unspecified atom stereocenters. The molecule has 0 aliphatic carbocycles. The van der Waals surface area contributed by atoms with Crippen LogP contribution in [0, 0.1) is 5.82 Å². The number of halogens is 1. The van der Waals surface area contributed by atoms with Crippen LogP contribution in [0.5, 0.6) is 0 Å². The number of hydrogen-bond acceptors (Lipinski definition) is 5. The summed E-state index contributed by atoms with van der Waals surface area (Å²) in [6.07, 6.45) is 2.81. The number of piperidine rings is 1. The molecular weight excluding hydrogens is 333 g/mol. The number of imidazole rings is 1. The van der Waals surface area contributed by atoms with Crippen molar-refractivity contribution in [2.75, 3.05) is 18.6 Å². The Balaban J connectivity index is 1.75. The molecule has 6 nitrogen and oxygen atoms in total. The summed E-state index contributed by atoms with van der Waals surface area (Å²) in [5, 5.41) is 0.0825. The SMILES string of the molecule is COC(=O)c1cnc(S[C@H]2CCCN(c3ccccc3F)C2=O)[nH]1. The van der Waals surface area contributed by atoms with Crippen molar-refractivity contribution in [3.8, 4) is 0 Å². The molecule has 24 heavy (non-hydrogen) atoms. The van der Waals surface area contributed by atoms with Gasteiger partial charge in [0.2, 0.25) is 5.91 Å². The van der Waals surface area contributed by atoms with Crippen LogP contribution in [0.15, 0.2) is 35.6 Å². The molecule has 1 aromatic carbocycles. The molecule has 1 fully saturated rings. The van der Waals surface area contributed by atoms with Crippen LogP contribution in [0.4, 0.5) is 10.1 Å². The van der Waals surface area contributed by atoms with Gasteiger partial charge in [-0.1, -0.05) is 23.9 Å². The maximum absolute atomic E-state index is 14.0. The van der Waals surface area contributed by atoms with Gasteiger partial charge in [0.05, 0.1) is 24.2 Å². The normalized spacial score (nSPS) is 17.8. The van der Waals surface area contributed by atoms with Gasteiger partial charge in [-0.15, -0.1) is 0 Å². The number of aromatic nitrogens is 2. The second-order valence-electron chi connectivity index (χ2n) is 5.28. The third-order valence-corrected chi connectivity index (χ3v) is 4.90. The minimum absolute atomic E-state index is 0.160. The summed E-state index contributed by atoms with van der Waals surface area (Å²) in [4.78, 5) is 32.5. The molecule has 1 aliphatic heterocycles. The number of rotatable bonds is 4. The van der Waals surface area contributed by atoms with Gasteiger partial charge in [0.1, 0.15) is 11.5 Å². The van der Waals surface area contributed by atoms with E-state index in [1.807, 2.05) is 0 Å². The quantitative estimate of drug-likeness (QED) is 0.859. The van der Waals surface area contributed by atoms with Crippen molar-refractivity contribution in [1.29, 1.82) is 0 Å². The van der Waals surface area contributed by atoms with E-state index in [0.717, 1.165) is 6.42 Å². The number of nitrogens with one attached hydrogen (secondary N) is 1. The van der Waals surface area contributed by atoms with Gasteiger partial charge >= 0.3 is 5.97 Å². The first kappa shape index (κ1) is 16.5. The summed E-state index contributed by atoms with van der Waals surface area (Å²) in [6, 6.07) is 6.24. The van der Waals surface area contributed by atoms with Crippen molar-refractivity contribution in [3.05, 3.63) is 42.0 Å². The Morgan fingerprint density at radius 3 is 3.00 bits per heavy atom. The number of ether oxygens (including phenoxy) is 1. The molecule has 3 rings (SSSR count). The number of nitrogens with zero attached hydrogens (tertiary/aromatic N) is 2. The van der Waals surface area contributed by atoms with Crippen molar-refractivity contribution in [1.82, 2.24) is 9.97 Å². The molecular formula is C16H16FN3O3S.